The molecule has 0 saturated carbocycles. The van der Waals surface area contributed by atoms with Crippen LogP contribution in [0.1, 0.15) is 16.7 Å². The summed E-state index contributed by atoms with van der Waals surface area (Å²) in [6.45, 7) is 4.79. The molecule has 12 nitrogen and oxygen atoms in total. The molecule has 3 aromatic carbocycles. The third-order valence-corrected chi connectivity index (χ3v) is 6.98. The molecule has 3 rings (SSSR count). The van der Waals surface area contributed by atoms with Gasteiger partial charge in [-0.25, -0.2) is 0 Å². The minimum absolute atomic E-state index is 0.0666. The minimum atomic E-state index is -4.02. The van der Waals surface area contributed by atoms with E-state index >= 15 is 0 Å². The molecular weight excluding hydrogens is 576 g/mol. The number of aliphatic hydroxyl groups excluding tert-OH is 3. The zero-order valence-electron chi connectivity index (χ0n) is 21.3. The molecule has 0 aliphatic heterocycles. The van der Waals surface area contributed by atoms with Crippen LogP contribution in [0.5, 0.6) is 0 Å². The van der Waals surface area contributed by atoms with Gasteiger partial charge in [-0.3, -0.25) is 13.7 Å². The summed E-state index contributed by atoms with van der Waals surface area (Å²) in [5, 5.41) is 24.0. The van der Waals surface area contributed by atoms with Crippen molar-refractivity contribution in [3.63, 3.8) is 0 Å². The van der Waals surface area contributed by atoms with Crippen molar-refractivity contribution in [3.8, 4) is 0 Å². The van der Waals surface area contributed by atoms with Crippen LogP contribution in [-0.2, 0) is 30.4 Å². The molecule has 0 fully saturated rings. The fourth-order valence-electron chi connectivity index (χ4n) is 2.19. The van der Waals surface area contributed by atoms with Gasteiger partial charge >= 0.3 is 0 Å². The second-order valence-electron chi connectivity index (χ2n) is 7.88. The van der Waals surface area contributed by atoms with Gasteiger partial charge in [-0.15, -0.1) is 0 Å². The van der Waals surface area contributed by atoms with Gasteiger partial charge in [0.25, 0.3) is 30.4 Å². The second-order valence-corrected chi connectivity index (χ2v) is 12.1. The Hall–Kier alpha value is -2.73. The number of benzene rings is 3. The van der Waals surface area contributed by atoms with Crippen LogP contribution in [0.4, 0.5) is 0 Å². The van der Waals surface area contributed by atoms with Crippen LogP contribution in [-0.4, -0.2) is 73.5 Å². The Balaban J connectivity index is 0.000000505. The molecule has 0 radical (unpaired) electrons. The first-order valence-electron chi connectivity index (χ1n) is 10.8. The highest BCUT2D eigenvalue weighted by Crippen LogP contribution is 2.10. The Morgan fingerprint density at radius 1 is 0.487 bits per heavy atom. The van der Waals surface area contributed by atoms with E-state index in [0.717, 1.165) is 16.7 Å². The molecule has 0 bridgehead atoms. The van der Waals surface area contributed by atoms with Crippen LogP contribution >= 0.6 is 0 Å². The average Bonchev–Trinajstić information content (AvgIpc) is 2.84. The maximum atomic E-state index is 10.5. The van der Waals surface area contributed by atoms with Crippen LogP contribution < -0.4 is 0 Å². The van der Waals surface area contributed by atoms with Crippen molar-refractivity contribution in [2.45, 2.75) is 41.6 Å². The number of aliphatic hydroxyl groups is 3. The molecule has 39 heavy (non-hydrogen) atoms. The molecule has 0 unspecified atom stereocenters. The molecule has 15 heteroatoms. The van der Waals surface area contributed by atoms with Gasteiger partial charge in [0.05, 0.1) is 27.9 Å². The molecule has 0 saturated heterocycles. The minimum Gasteiger partial charge on any atom is -0.394 e. The zero-order chi connectivity index (χ0) is 30.4. The number of rotatable bonds is 5. The fraction of sp³-hybridized carbons (Fsp3) is 0.250. The van der Waals surface area contributed by atoms with Gasteiger partial charge in [-0.1, -0.05) is 53.1 Å². The zero-order valence-corrected chi connectivity index (χ0v) is 23.7. The van der Waals surface area contributed by atoms with Crippen molar-refractivity contribution >= 4 is 30.4 Å². The lowest BCUT2D eigenvalue weighted by molar-refractivity contribution is 0.0450. The standard InChI is InChI=1S/3C7H8O3S.C3H8O3/c3*1-6-2-4-7(5-3-6)11(8,9)10;4-1-3(6)2-5/h3*2-5H,1H3,(H,8,9,10);3-6H,1-2H2. The van der Waals surface area contributed by atoms with E-state index in [1.54, 1.807) is 36.4 Å². The number of hydrogen-bond donors (Lipinski definition) is 6. The summed E-state index contributed by atoms with van der Waals surface area (Å²) in [6, 6.07) is 18.0. The van der Waals surface area contributed by atoms with E-state index in [2.05, 4.69) is 0 Å². The van der Waals surface area contributed by atoms with Crippen LogP contribution in [0.3, 0.4) is 0 Å². The first-order chi connectivity index (χ1) is 17.8. The maximum absolute atomic E-state index is 10.5. The van der Waals surface area contributed by atoms with E-state index in [9.17, 15) is 25.3 Å². The summed E-state index contributed by atoms with van der Waals surface area (Å²) in [5.41, 5.74) is 2.87. The average molecular weight is 609 g/mol. The summed E-state index contributed by atoms with van der Waals surface area (Å²) < 4.78 is 88.7. The third-order valence-electron chi connectivity index (χ3n) is 4.38. The van der Waals surface area contributed by atoms with Crippen molar-refractivity contribution in [2.75, 3.05) is 13.2 Å². The molecule has 3 aromatic rings. The summed E-state index contributed by atoms with van der Waals surface area (Å²) in [5.74, 6) is 0. The molecule has 0 amide bonds. The van der Waals surface area contributed by atoms with Crippen molar-refractivity contribution in [3.05, 3.63) is 89.5 Å². The molecule has 0 atom stereocenters. The lowest BCUT2D eigenvalue weighted by Gasteiger charge is -1.96. The largest absolute Gasteiger partial charge is 0.394 e. The maximum Gasteiger partial charge on any atom is 0.294 e. The lowest BCUT2D eigenvalue weighted by atomic mass is 10.2. The van der Waals surface area contributed by atoms with Crippen molar-refractivity contribution in [1.82, 2.24) is 0 Å². The van der Waals surface area contributed by atoms with E-state index in [1.165, 1.54) is 36.4 Å². The highest BCUT2D eigenvalue weighted by molar-refractivity contribution is 7.86. The van der Waals surface area contributed by atoms with Gasteiger partial charge < -0.3 is 15.3 Å². The van der Waals surface area contributed by atoms with E-state index < -0.39 is 36.5 Å². The predicted molar refractivity (Wildman–Crippen MR) is 143 cm³/mol. The van der Waals surface area contributed by atoms with Gasteiger partial charge in [0, 0.05) is 0 Å². The van der Waals surface area contributed by atoms with Gasteiger partial charge in [0.1, 0.15) is 6.10 Å². The van der Waals surface area contributed by atoms with Crippen molar-refractivity contribution in [1.29, 1.82) is 0 Å². The molecule has 0 heterocycles. The lowest BCUT2D eigenvalue weighted by Crippen LogP contribution is -2.15. The fourth-order valence-corrected chi connectivity index (χ4v) is 3.63. The number of aryl methyl sites for hydroxylation is 3. The third kappa shape index (κ3) is 16.1. The van der Waals surface area contributed by atoms with Crippen LogP contribution in [0.15, 0.2) is 87.5 Å². The Morgan fingerprint density at radius 3 is 0.769 bits per heavy atom. The van der Waals surface area contributed by atoms with E-state index in [-0.39, 0.29) is 27.9 Å². The topological polar surface area (TPSA) is 224 Å². The summed E-state index contributed by atoms with van der Waals surface area (Å²) in [6.07, 6.45) is -0.954. The Morgan fingerprint density at radius 2 is 0.667 bits per heavy atom. The Bertz CT molecular complexity index is 1270. The smallest absolute Gasteiger partial charge is 0.294 e. The monoisotopic (exact) mass is 608 g/mol. The molecule has 0 aliphatic rings. The van der Waals surface area contributed by atoms with E-state index in [0.29, 0.717) is 0 Å². The Labute approximate surface area is 228 Å². The molecule has 6 N–H and O–H groups in total. The van der Waals surface area contributed by atoms with Gasteiger partial charge in [0.2, 0.25) is 0 Å². The molecular formula is C24H32O12S3. The summed E-state index contributed by atoms with van der Waals surface area (Å²) >= 11 is 0. The van der Waals surface area contributed by atoms with Gasteiger partial charge in [-0.2, -0.15) is 25.3 Å². The van der Waals surface area contributed by atoms with Crippen LogP contribution in [0.2, 0.25) is 0 Å². The highest BCUT2D eigenvalue weighted by atomic mass is 32.2. The molecule has 0 aromatic heterocycles. The van der Waals surface area contributed by atoms with Crippen LogP contribution in [0, 0.1) is 20.8 Å². The second kappa shape index (κ2) is 16.4. The quantitative estimate of drug-likeness (QED) is 0.229. The first-order valence-corrected chi connectivity index (χ1v) is 15.2. The van der Waals surface area contributed by atoms with E-state index in [4.69, 9.17) is 29.0 Å². The van der Waals surface area contributed by atoms with Gasteiger partial charge in [0.15, 0.2) is 0 Å². The van der Waals surface area contributed by atoms with E-state index in [1.807, 2.05) is 20.8 Å². The molecule has 0 aliphatic carbocycles. The summed E-state index contributed by atoms with van der Waals surface area (Å²) in [4.78, 5) is -0.200. The van der Waals surface area contributed by atoms with Crippen molar-refractivity contribution in [2.24, 2.45) is 0 Å². The van der Waals surface area contributed by atoms with Crippen molar-refractivity contribution < 1.29 is 54.2 Å². The normalized spacial score (nSPS) is 11.2. The SMILES string of the molecule is Cc1ccc(S(=O)(=O)O)cc1.Cc1ccc(S(=O)(=O)O)cc1.Cc1ccc(S(=O)(=O)O)cc1.OCC(O)CO. The number of hydrogen-bond acceptors (Lipinski definition) is 9. The molecule has 218 valence electrons. The summed E-state index contributed by atoms with van der Waals surface area (Å²) in [7, 11) is -12.1. The predicted octanol–water partition coefficient (Wildman–Crippen LogP) is 2.06. The highest BCUT2D eigenvalue weighted by Gasteiger charge is 2.08. The first kappa shape index (κ1) is 36.3. The van der Waals surface area contributed by atoms with Crippen LogP contribution in [0.25, 0.3) is 0 Å². The molecule has 0 spiro atoms. The van der Waals surface area contributed by atoms with Gasteiger partial charge in [-0.05, 0) is 57.2 Å². The Kier molecular flexibility index (Phi) is 15.2.